The van der Waals surface area contributed by atoms with Crippen LogP contribution in [0.1, 0.15) is 23.3 Å². The third-order valence-corrected chi connectivity index (χ3v) is 3.87. The number of ether oxygens (including phenoxy) is 4. The second-order valence-corrected chi connectivity index (χ2v) is 5.21. The molecule has 2 atom stereocenters. The number of aromatic hydroxyl groups is 2. The van der Waals surface area contributed by atoms with Crippen molar-refractivity contribution in [3.05, 3.63) is 23.3 Å². The van der Waals surface area contributed by atoms with Crippen molar-refractivity contribution in [1.29, 1.82) is 0 Å². The van der Waals surface area contributed by atoms with Gasteiger partial charge in [0.2, 0.25) is 11.8 Å². The lowest BCUT2D eigenvalue weighted by molar-refractivity contribution is 0.0223. The smallest absolute Gasteiger partial charge is 0.200 e. The molecule has 2 aliphatic rings. The van der Waals surface area contributed by atoms with E-state index in [0.29, 0.717) is 50.7 Å². The Labute approximate surface area is 128 Å². The van der Waals surface area contributed by atoms with Gasteiger partial charge in [0.1, 0.15) is 12.2 Å². The van der Waals surface area contributed by atoms with Gasteiger partial charge in [-0.05, 0) is 0 Å². The molecule has 0 saturated carbocycles. The van der Waals surface area contributed by atoms with Gasteiger partial charge in [-0.15, -0.1) is 0 Å². The van der Waals surface area contributed by atoms with Crippen molar-refractivity contribution in [3.63, 3.8) is 0 Å². The predicted molar refractivity (Wildman–Crippen MR) is 77.0 cm³/mol. The first-order valence-electron chi connectivity index (χ1n) is 7.36. The Morgan fingerprint density at radius 1 is 0.955 bits per heavy atom. The topological polar surface area (TPSA) is 82.3 Å². The molecule has 22 heavy (non-hydrogen) atoms. The molecule has 0 saturated heterocycles. The minimum absolute atomic E-state index is 0.0595. The lowest BCUT2D eigenvalue weighted by atomic mass is 10.0. The summed E-state index contributed by atoms with van der Waals surface area (Å²) in [5.41, 5.74) is 1.35. The number of hydrogen-bond acceptors (Lipinski definition) is 6. The first-order chi connectivity index (χ1) is 10.7. The third-order valence-electron chi connectivity index (χ3n) is 3.87. The van der Waals surface area contributed by atoms with Gasteiger partial charge in [0, 0.05) is 7.11 Å². The van der Waals surface area contributed by atoms with E-state index in [1.165, 1.54) is 4.57 Å². The summed E-state index contributed by atoms with van der Waals surface area (Å²) in [4.78, 5) is 0. The lowest BCUT2D eigenvalue weighted by Crippen LogP contribution is -2.11. The predicted octanol–water partition coefficient (Wildman–Crippen LogP) is 1.26. The molecule has 0 aliphatic carbocycles. The van der Waals surface area contributed by atoms with Crippen molar-refractivity contribution in [2.75, 3.05) is 40.1 Å². The van der Waals surface area contributed by atoms with Gasteiger partial charge in [-0.1, -0.05) is 12.2 Å². The highest BCUT2D eigenvalue weighted by Gasteiger charge is 2.41. The Bertz CT molecular complexity index is 517. The number of nitrogens with zero attached hydrogens (tertiary/aromatic N) is 1. The number of methoxy groups -OCH3 is 1. The maximum Gasteiger partial charge on any atom is 0.200 e. The van der Waals surface area contributed by atoms with Crippen molar-refractivity contribution in [3.8, 4) is 11.8 Å². The fourth-order valence-electron chi connectivity index (χ4n) is 2.80. The number of hydrogen-bond donors (Lipinski definition) is 2. The van der Waals surface area contributed by atoms with E-state index >= 15 is 0 Å². The van der Waals surface area contributed by atoms with Crippen LogP contribution in [0.4, 0.5) is 0 Å². The fourth-order valence-corrected chi connectivity index (χ4v) is 2.80. The van der Waals surface area contributed by atoms with Crippen LogP contribution >= 0.6 is 0 Å². The zero-order valence-electron chi connectivity index (χ0n) is 12.5. The highest BCUT2D eigenvalue weighted by atomic mass is 16.5. The quantitative estimate of drug-likeness (QED) is 0.528. The molecular formula is C15H21NO6. The standard InChI is InChI=1S/C15H21NO6/c1-19-6-7-21-9-8-20-5-4-16-14(17)12-10-2-3-11(22-10)13(12)15(16)18/h2-3,10-11,17-18H,4-9H2,1H3. The van der Waals surface area contributed by atoms with E-state index in [2.05, 4.69) is 0 Å². The molecule has 0 aromatic carbocycles. The van der Waals surface area contributed by atoms with E-state index in [0.717, 1.165) is 0 Å². The van der Waals surface area contributed by atoms with Gasteiger partial charge in [-0.2, -0.15) is 0 Å². The molecule has 0 radical (unpaired) electrons. The van der Waals surface area contributed by atoms with Crippen LogP contribution in [0.3, 0.4) is 0 Å². The summed E-state index contributed by atoms with van der Waals surface area (Å²) in [6, 6.07) is 0. The van der Waals surface area contributed by atoms with Gasteiger partial charge in [0.25, 0.3) is 0 Å². The molecule has 0 spiro atoms. The first kappa shape index (κ1) is 15.4. The maximum absolute atomic E-state index is 10.2. The van der Waals surface area contributed by atoms with Gasteiger partial charge in [-0.25, -0.2) is 0 Å². The van der Waals surface area contributed by atoms with Crippen LogP contribution in [-0.2, 0) is 25.5 Å². The molecule has 1 aromatic rings. The van der Waals surface area contributed by atoms with E-state index in [1.54, 1.807) is 7.11 Å². The van der Waals surface area contributed by atoms with Gasteiger partial charge in [0.05, 0.1) is 50.7 Å². The lowest BCUT2D eigenvalue weighted by Gasteiger charge is -2.11. The van der Waals surface area contributed by atoms with Crippen LogP contribution in [0, 0.1) is 0 Å². The summed E-state index contributed by atoms with van der Waals surface area (Å²) in [5.74, 6) is 0.119. The summed E-state index contributed by atoms with van der Waals surface area (Å²) >= 11 is 0. The fraction of sp³-hybridized carbons (Fsp3) is 0.600. The van der Waals surface area contributed by atoms with Crippen molar-refractivity contribution in [2.24, 2.45) is 0 Å². The van der Waals surface area contributed by atoms with Crippen LogP contribution in [0.25, 0.3) is 0 Å². The van der Waals surface area contributed by atoms with E-state index in [-0.39, 0.29) is 24.0 Å². The van der Waals surface area contributed by atoms with Gasteiger partial charge < -0.3 is 29.2 Å². The molecule has 3 rings (SSSR count). The highest BCUT2D eigenvalue weighted by molar-refractivity contribution is 5.55. The Balaban J connectivity index is 1.47. The first-order valence-corrected chi connectivity index (χ1v) is 7.36. The summed E-state index contributed by atoms with van der Waals surface area (Å²) in [5, 5.41) is 20.5. The average molecular weight is 311 g/mol. The summed E-state index contributed by atoms with van der Waals surface area (Å²) in [7, 11) is 1.63. The molecule has 2 unspecified atom stereocenters. The van der Waals surface area contributed by atoms with E-state index in [9.17, 15) is 10.2 Å². The minimum Gasteiger partial charge on any atom is -0.494 e. The van der Waals surface area contributed by atoms with Crippen LogP contribution in [0.5, 0.6) is 11.8 Å². The van der Waals surface area contributed by atoms with Crippen LogP contribution in [0.2, 0.25) is 0 Å². The molecule has 7 heteroatoms. The Morgan fingerprint density at radius 3 is 2.09 bits per heavy atom. The Kier molecular flexibility index (Phi) is 4.68. The van der Waals surface area contributed by atoms with Crippen molar-refractivity contribution in [1.82, 2.24) is 4.57 Å². The number of rotatable bonds is 9. The summed E-state index contributed by atoms with van der Waals surface area (Å²) in [6.07, 6.45) is 3.29. The number of fused-ring (bicyclic) bond motifs is 5. The average Bonchev–Trinajstić information content (AvgIpc) is 3.18. The van der Waals surface area contributed by atoms with Crippen LogP contribution < -0.4 is 0 Å². The van der Waals surface area contributed by atoms with Gasteiger partial charge >= 0.3 is 0 Å². The normalized spacial score (nSPS) is 21.7. The van der Waals surface area contributed by atoms with Crippen molar-refractivity contribution in [2.45, 2.75) is 18.8 Å². The second kappa shape index (κ2) is 6.70. The number of aromatic nitrogens is 1. The summed E-state index contributed by atoms with van der Waals surface area (Å²) in [6.45, 7) is 2.82. The van der Waals surface area contributed by atoms with E-state index < -0.39 is 0 Å². The van der Waals surface area contributed by atoms with E-state index in [1.807, 2.05) is 12.2 Å². The van der Waals surface area contributed by atoms with Crippen molar-refractivity contribution >= 4 is 0 Å². The molecule has 0 fully saturated rings. The van der Waals surface area contributed by atoms with Gasteiger partial charge in [-0.3, -0.25) is 4.57 Å². The zero-order chi connectivity index (χ0) is 15.5. The molecule has 7 nitrogen and oxygen atoms in total. The van der Waals surface area contributed by atoms with Crippen LogP contribution in [0.15, 0.2) is 12.2 Å². The monoisotopic (exact) mass is 311 g/mol. The third kappa shape index (κ3) is 2.72. The van der Waals surface area contributed by atoms with Gasteiger partial charge in [0.15, 0.2) is 0 Å². The molecule has 3 heterocycles. The molecule has 1 aromatic heterocycles. The maximum atomic E-state index is 10.2. The molecule has 122 valence electrons. The molecule has 0 amide bonds. The van der Waals surface area contributed by atoms with Crippen LogP contribution in [-0.4, -0.2) is 54.9 Å². The molecule has 2 bridgehead atoms. The minimum atomic E-state index is -0.248. The Hall–Kier alpha value is -1.54. The molecular weight excluding hydrogens is 290 g/mol. The SMILES string of the molecule is COCCOCCOCCn1c(O)c2c(c1O)C1C=CC2O1. The second-order valence-electron chi connectivity index (χ2n) is 5.21. The molecule has 2 aliphatic heterocycles. The van der Waals surface area contributed by atoms with Crippen molar-refractivity contribution < 1.29 is 29.2 Å². The van der Waals surface area contributed by atoms with E-state index in [4.69, 9.17) is 18.9 Å². The summed E-state index contributed by atoms with van der Waals surface area (Å²) < 4.78 is 22.6. The zero-order valence-corrected chi connectivity index (χ0v) is 12.5. The largest absolute Gasteiger partial charge is 0.494 e. The Morgan fingerprint density at radius 2 is 1.50 bits per heavy atom. The highest BCUT2D eigenvalue weighted by Crippen LogP contribution is 2.54. The molecule has 2 N–H and O–H groups in total.